The lowest BCUT2D eigenvalue weighted by molar-refractivity contribution is -0.122. The Morgan fingerprint density at radius 3 is 2.15 bits per heavy atom. The van der Waals surface area contributed by atoms with Crippen molar-refractivity contribution >= 4 is 98.6 Å². The van der Waals surface area contributed by atoms with Crippen LogP contribution in [-0.2, 0) is 20.9 Å². The van der Waals surface area contributed by atoms with Crippen molar-refractivity contribution in [3.8, 4) is 0 Å². The predicted octanol–water partition coefficient (Wildman–Crippen LogP) is 6.96. The number of thiazole rings is 1. The summed E-state index contributed by atoms with van der Waals surface area (Å²) in [6, 6.07) is 18.1. The van der Waals surface area contributed by atoms with Gasteiger partial charge in [-0.2, -0.15) is 0 Å². The van der Waals surface area contributed by atoms with Crippen LogP contribution in [0, 0.1) is 5.92 Å². The number of thioether (sulfide) groups is 1. The van der Waals surface area contributed by atoms with Crippen LogP contribution in [0.15, 0.2) is 76.6 Å². The second-order valence-corrected chi connectivity index (χ2v) is 13.2. The van der Waals surface area contributed by atoms with Crippen molar-refractivity contribution in [3.63, 3.8) is 0 Å². The monoisotopic (exact) mass is 663 g/mol. The molecule has 6 rings (SSSR count). The Morgan fingerprint density at radius 2 is 1.49 bits per heavy atom. The molecular formula is C28H17Cl4N3O4S2. The number of imide groups is 1. The molecule has 3 amide bonds. The highest BCUT2D eigenvalue weighted by atomic mass is 35.5. The second-order valence-electron chi connectivity index (χ2n) is 9.38. The molecule has 1 fully saturated rings. The molecule has 13 heteroatoms. The number of benzene rings is 3. The summed E-state index contributed by atoms with van der Waals surface area (Å²) in [5.74, 6) is -2.60. The summed E-state index contributed by atoms with van der Waals surface area (Å²) in [4.78, 5) is 55.3. The standard InChI is InChI=1S/C28H17Cl4N3O4S2/c29-14-3-1-13(2-4-14)21-22-23(26(38)35(25(22)37)17-8-5-15(30)6-9-17)40-27-24(21)41-28(39)34(27)12-20(36)33-16-7-10-18(31)19(32)11-16/h1-11,21-23H,12H2,(H,33,36). The van der Waals surface area contributed by atoms with Crippen LogP contribution >= 0.6 is 69.5 Å². The first kappa shape index (κ1) is 28.3. The maximum Gasteiger partial charge on any atom is 0.308 e. The number of carbonyl (C=O) groups is 3. The van der Waals surface area contributed by atoms with E-state index in [1.807, 2.05) is 0 Å². The van der Waals surface area contributed by atoms with Crippen molar-refractivity contribution < 1.29 is 14.4 Å². The number of carbonyl (C=O) groups excluding carboxylic acids is 3. The first-order valence-corrected chi connectivity index (χ1v) is 15.4. The maximum absolute atomic E-state index is 13.9. The molecule has 0 radical (unpaired) electrons. The molecule has 3 unspecified atom stereocenters. The summed E-state index contributed by atoms with van der Waals surface area (Å²) in [5.41, 5.74) is 1.57. The van der Waals surface area contributed by atoms with Crippen molar-refractivity contribution in [2.24, 2.45) is 5.92 Å². The van der Waals surface area contributed by atoms with Gasteiger partial charge < -0.3 is 5.32 Å². The number of fused-ring (bicyclic) bond motifs is 2. The largest absolute Gasteiger partial charge is 0.324 e. The third-order valence-corrected chi connectivity index (χ3v) is 10.7. The van der Waals surface area contributed by atoms with E-state index < -0.39 is 28.9 Å². The smallest absolute Gasteiger partial charge is 0.308 e. The quantitative estimate of drug-likeness (QED) is 0.233. The molecule has 0 aliphatic carbocycles. The molecule has 1 aromatic heterocycles. The van der Waals surface area contributed by atoms with Crippen LogP contribution in [0.1, 0.15) is 16.4 Å². The fraction of sp³-hybridized carbons (Fsp3) is 0.143. The lowest BCUT2D eigenvalue weighted by Gasteiger charge is -2.30. The maximum atomic E-state index is 13.9. The molecule has 41 heavy (non-hydrogen) atoms. The number of hydrogen-bond donors (Lipinski definition) is 1. The van der Waals surface area contributed by atoms with E-state index in [-0.39, 0.29) is 22.3 Å². The molecule has 0 spiro atoms. The first-order chi connectivity index (χ1) is 19.6. The molecule has 0 saturated carbocycles. The van der Waals surface area contributed by atoms with Gasteiger partial charge in [-0.15, -0.1) is 0 Å². The van der Waals surface area contributed by atoms with Crippen molar-refractivity contribution in [1.82, 2.24) is 4.57 Å². The van der Waals surface area contributed by atoms with Crippen LogP contribution in [0.3, 0.4) is 0 Å². The predicted molar refractivity (Wildman–Crippen MR) is 164 cm³/mol. The third kappa shape index (κ3) is 5.20. The van der Waals surface area contributed by atoms with Crippen molar-refractivity contribution in [2.75, 3.05) is 10.2 Å². The van der Waals surface area contributed by atoms with E-state index in [1.54, 1.807) is 60.7 Å². The van der Waals surface area contributed by atoms with Gasteiger partial charge in [-0.3, -0.25) is 23.7 Å². The molecular weight excluding hydrogens is 648 g/mol. The van der Waals surface area contributed by atoms with E-state index >= 15 is 0 Å². The van der Waals surface area contributed by atoms with Gasteiger partial charge >= 0.3 is 4.87 Å². The van der Waals surface area contributed by atoms with Crippen molar-refractivity contribution in [1.29, 1.82) is 0 Å². The zero-order valence-electron chi connectivity index (χ0n) is 20.6. The number of halogens is 4. The Bertz CT molecular complexity index is 1770. The molecule has 3 aromatic carbocycles. The molecule has 3 atom stereocenters. The van der Waals surface area contributed by atoms with Gasteiger partial charge in [0.2, 0.25) is 17.7 Å². The van der Waals surface area contributed by atoms with E-state index in [4.69, 9.17) is 46.4 Å². The van der Waals surface area contributed by atoms with E-state index in [1.165, 1.54) is 15.5 Å². The lowest BCUT2D eigenvalue weighted by atomic mass is 9.83. The van der Waals surface area contributed by atoms with Crippen molar-refractivity contribution in [2.45, 2.75) is 22.7 Å². The summed E-state index contributed by atoms with van der Waals surface area (Å²) >= 11 is 26.3. The minimum atomic E-state index is -0.815. The number of amides is 3. The Morgan fingerprint density at radius 1 is 0.829 bits per heavy atom. The molecule has 1 N–H and O–H groups in total. The Balaban J connectivity index is 1.40. The number of anilines is 2. The molecule has 7 nitrogen and oxygen atoms in total. The van der Waals surface area contributed by atoms with Crippen molar-refractivity contribution in [3.05, 3.63) is 107 Å². The molecule has 3 heterocycles. The summed E-state index contributed by atoms with van der Waals surface area (Å²) in [6.45, 7) is -0.300. The van der Waals surface area contributed by atoms with Gasteiger partial charge in [-0.25, -0.2) is 4.90 Å². The van der Waals surface area contributed by atoms with Gasteiger partial charge in [0.25, 0.3) is 0 Å². The molecule has 208 valence electrons. The molecule has 2 aliphatic rings. The zero-order chi connectivity index (χ0) is 29.0. The fourth-order valence-corrected chi connectivity index (χ4v) is 8.37. The van der Waals surface area contributed by atoms with Crippen LogP contribution in [-0.4, -0.2) is 27.5 Å². The third-order valence-electron chi connectivity index (χ3n) is 6.87. The van der Waals surface area contributed by atoms with E-state index in [0.29, 0.717) is 36.3 Å². The van der Waals surface area contributed by atoms with Crippen LogP contribution in [0.2, 0.25) is 20.1 Å². The SMILES string of the molecule is O=C(Cn1c2c(sc1=O)C(c1ccc(Cl)cc1)C1C(=O)N(c3ccc(Cl)cc3)C(=O)C1S2)Nc1ccc(Cl)c(Cl)c1. The topological polar surface area (TPSA) is 88.5 Å². The summed E-state index contributed by atoms with van der Waals surface area (Å²) in [7, 11) is 0. The number of nitrogens with zero attached hydrogens (tertiary/aromatic N) is 2. The van der Waals surface area contributed by atoms with Gasteiger partial charge in [-0.05, 0) is 60.2 Å². The summed E-state index contributed by atoms with van der Waals surface area (Å²) in [5, 5.41) is 3.99. The fourth-order valence-electron chi connectivity index (χ4n) is 5.05. The van der Waals surface area contributed by atoms with Gasteiger partial charge in [0.1, 0.15) is 11.8 Å². The highest BCUT2D eigenvalue weighted by Crippen LogP contribution is 2.54. The molecule has 2 aliphatic heterocycles. The molecule has 0 bridgehead atoms. The van der Waals surface area contributed by atoms with Gasteiger partial charge in [0.15, 0.2) is 0 Å². The average Bonchev–Trinajstić information content (AvgIpc) is 3.38. The summed E-state index contributed by atoms with van der Waals surface area (Å²) in [6.07, 6.45) is 0. The number of rotatable bonds is 5. The van der Waals surface area contributed by atoms with E-state index in [0.717, 1.165) is 28.7 Å². The number of aromatic nitrogens is 1. The van der Waals surface area contributed by atoms with Crippen LogP contribution in [0.4, 0.5) is 11.4 Å². The van der Waals surface area contributed by atoms with Gasteiger partial charge in [0.05, 0.1) is 26.7 Å². The lowest BCUT2D eigenvalue weighted by Crippen LogP contribution is -2.33. The van der Waals surface area contributed by atoms with E-state index in [9.17, 15) is 19.2 Å². The van der Waals surface area contributed by atoms with Crippen LogP contribution < -0.4 is 15.1 Å². The molecule has 1 saturated heterocycles. The minimum Gasteiger partial charge on any atom is -0.324 e. The first-order valence-electron chi connectivity index (χ1n) is 12.2. The Labute approximate surface area is 262 Å². The van der Waals surface area contributed by atoms with Crippen LogP contribution in [0.25, 0.3) is 0 Å². The minimum absolute atomic E-state index is 0.275. The average molecular weight is 665 g/mol. The number of hydrogen-bond acceptors (Lipinski definition) is 6. The highest BCUT2D eigenvalue weighted by Gasteiger charge is 2.56. The highest BCUT2D eigenvalue weighted by molar-refractivity contribution is 8.00. The second kappa shape index (κ2) is 11.1. The van der Waals surface area contributed by atoms with Gasteiger partial charge in [-0.1, -0.05) is 81.6 Å². The Hall–Kier alpha value is -2.79. The zero-order valence-corrected chi connectivity index (χ0v) is 25.3. The normalized spacial score (nSPS) is 19.7. The van der Waals surface area contributed by atoms with E-state index in [2.05, 4.69) is 5.32 Å². The van der Waals surface area contributed by atoms with Gasteiger partial charge in [0, 0.05) is 26.5 Å². The molecule has 4 aromatic rings. The Kier molecular flexibility index (Phi) is 7.69. The van der Waals surface area contributed by atoms with Crippen LogP contribution in [0.5, 0.6) is 0 Å². The summed E-state index contributed by atoms with van der Waals surface area (Å²) < 4.78 is 1.35. The number of nitrogens with one attached hydrogen (secondary N) is 1.